The predicted molar refractivity (Wildman–Crippen MR) is 100 cm³/mol. The van der Waals surface area contributed by atoms with Crippen LogP contribution in [0, 0.1) is 0 Å². The van der Waals surface area contributed by atoms with Gasteiger partial charge < -0.3 is 10.1 Å². The van der Waals surface area contributed by atoms with E-state index in [2.05, 4.69) is 5.32 Å². The zero-order chi connectivity index (χ0) is 17.8. The highest BCUT2D eigenvalue weighted by Crippen LogP contribution is 2.27. The van der Waals surface area contributed by atoms with E-state index in [4.69, 9.17) is 4.74 Å². The highest BCUT2D eigenvalue weighted by molar-refractivity contribution is 7.98. The first-order chi connectivity index (χ1) is 12.1. The van der Waals surface area contributed by atoms with Crippen LogP contribution in [0.1, 0.15) is 13.3 Å². The van der Waals surface area contributed by atoms with Gasteiger partial charge in [0.15, 0.2) is 0 Å². The van der Waals surface area contributed by atoms with Crippen molar-refractivity contribution in [2.45, 2.75) is 24.3 Å². The summed E-state index contributed by atoms with van der Waals surface area (Å²) in [4.78, 5) is 27.4. The Bertz CT molecular complexity index is 759. The smallest absolute Gasteiger partial charge is 0.256 e. The summed E-state index contributed by atoms with van der Waals surface area (Å²) in [6.45, 7) is 2.48. The molecular weight excluding hydrogens is 336 g/mol. The molecule has 0 aromatic heterocycles. The predicted octanol–water partition coefficient (Wildman–Crippen LogP) is 3.55. The number of rotatable bonds is 6. The van der Waals surface area contributed by atoms with Crippen molar-refractivity contribution in [3.8, 4) is 5.75 Å². The fourth-order valence-electron chi connectivity index (χ4n) is 2.76. The maximum absolute atomic E-state index is 12.7. The van der Waals surface area contributed by atoms with Crippen LogP contribution in [0.3, 0.4) is 0 Å². The standard InChI is InChI=1S/C19H20N2O3S/c1-3-24-15-8-6-14(7-9-15)21-18(22)12-17(19(21)23)20-13-4-10-16(25-2)11-5-13/h4-11,17,20H,3,12H2,1-2H3/t17-/m1/s1. The zero-order valence-electron chi connectivity index (χ0n) is 14.2. The largest absolute Gasteiger partial charge is 0.494 e. The number of nitrogens with zero attached hydrogens (tertiary/aromatic N) is 1. The van der Waals surface area contributed by atoms with Gasteiger partial charge in [0, 0.05) is 10.6 Å². The molecule has 25 heavy (non-hydrogen) atoms. The van der Waals surface area contributed by atoms with Crippen LogP contribution in [0.5, 0.6) is 5.75 Å². The highest BCUT2D eigenvalue weighted by atomic mass is 32.2. The Labute approximate surface area is 151 Å². The van der Waals surface area contributed by atoms with Gasteiger partial charge in [0.2, 0.25) is 5.91 Å². The molecule has 130 valence electrons. The third kappa shape index (κ3) is 3.79. The summed E-state index contributed by atoms with van der Waals surface area (Å²) in [5.41, 5.74) is 1.40. The Balaban J connectivity index is 1.72. The Morgan fingerprint density at radius 2 is 1.80 bits per heavy atom. The minimum Gasteiger partial charge on any atom is -0.494 e. The third-order valence-corrected chi connectivity index (χ3v) is 4.73. The number of ether oxygens (including phenoxy) is 1. The molecule has 0 saturated carbocycles. The molecule has 1 fully saturated rings. The number of carbonyl (C=O) groups excluding carboxylic acids is 2. The van der Waals surface area contributed by atoms with Crippen LogP contribution in [0.4, 0.5) is 11.4 Å². The monoisotopic (exact) mass is 356 g/mol. The van der Waals surface area contributed by atoms with Gasteiger partial charge in [-0.1, -0.05) is 0 Å². The van der Waals surface area contributed by atoms with Gasteiger partial charge in [-0.25, -0.2) is 4.90 Å². The normalized spacial score (nSPS) is 17.0. The van der Waals surface area contributed by atoms with Crippen molar-refractivity contribution >= 4 is 35.0 Å². The summed E-state index contributed by atoms with van der Waals surface area (Å²) >= 11 is 1.66. The molecule has 5 nitrogen and oxygen atoms in total. The third-order valence-electron chi connectivity index (χ3n) is 3.98. The van der Waals surface area contributed by atoms with E-state index in [-0.39, 0.29) is 18.2 Å². The van der Waals surface area contributed by atoms with Gasteiger partial charge in [0.05, 0.1) is 18.7 Å². The minimum absolute atomic E-state index is 0.149. The number of nitrogens with one attached hydrogen (secondary N) is 1. The molecule has 0 bridgehead atoms. The van der Waals surface area contributed by atoms with Crippen LogP contribution in [-0.2, 0) is 9.59 Å². The molecule has 1 aliphatic rings. The lowest BCUT2D eigenvalue weighted by molar-refractivity contribution is -0.121. The Morgan fingerprint density at radius 1 is 1.12 bits per heavy atom. The van der Waals surface area contributed by atoms with Crippen LogP contribution >= 0.6 is 11.8 Å². The van der Waals surface area contributed by atoms with E-state index in [9.17, 15) is 9.59 Å². The molecule has 0 unspecified atom stereocenters. The van der Waals surface area contributed by atoms with Gasteiger partial charge in [0.25, 0.3) is 5.91 Å². The molecule has 1 saturated heterocycles. The van der Waals surface area contributed by atoms with Crippen molar-refractivity contribution in [2.24, 2.45) is 0 Å². The molecular formula is C19H20N2O3S. The topological polar surface area (TPSA) is 58.6 Å². The van der Waals surface area contributed by atoms with E-state index in [1.54, 1.807) is 36.0 Å². The van der Waals surface area contributed by atoms with Crippen molar-refractivity contribution in [1.82, 2.24) is 0 Å². The summed E-state index contributed by atoms with van der Waals surface area (Å²) < 4.78 is 5.39. The average Bonchev–Trinajstić information content (AvgIpc) is 2.90. The summed E-state index contributed by atoms with van der Waals surface area (Å²) in [5, 5.41) is 3.16. The Kier molecular flexibility index (Phi) is 5.28. The summed E-state index contributed by atoms with van der Waals surface area (Å²) in [6, 6.07) is 14.3. The first-order valence-electron chi connectivity index (χ1n) is 8.12. The van der Waals surface area contributed by atoms with Crippen molar-refractivity contribution in [3.63, 3.8) is 0 Å². The van der Waals surface area contributed by atoms with Gasteiger partial charge >= 0.3 is 0 Å². The molecule has 0 radical (unpaired) electrons. The second kappa shape index (κ2) is 7.61. The van der Waals surface area contributed by atoms with Crippen LogP contribution in [0.15, 0.2) is 53.4 Å². The average molecular weight is 356 g/mol. The van der Waals surface area contributed by atoms with Crippen LogP contribution in [-0.4, -0.2) is 30.7 Å². The number of benzene rings is 2. The first-order valence-corrected chi connectivity index (χ1v) is 9.35. The molecule has 3 rings (SSSR count). The van der Waals surface area contributed by atoms with Gasteiger partial charge in [-0.2, -0.15) is 0 Å². The number of hydrogen-bond acceptors (Lipinski definition) is 5. The fourth-order valence-corrected chi connectivity index (χ4v) is 3.17. The van der Waals surface area contributed by atoms with Gasteiger partial charge in [-0.05, 0) is 61.7 Å². The molecule has 1 N–H and O–H groups in total. The van der Waals surface area contributed by atoms with Gasteiger partial charge in [-0.3, -0.25) is 9.59 Å². The molecule has 2 aromatic carbocycles. The Morgan fingerprint density at radius 3 is 2.40 bits per heavy atom. The lowest BCUT2D eigenvalue weighted by Crippen LogP contribution is -2.34. The molecule has 0 spiro atoms. The van der Waals surface area contributed by atoms with E-state index >= 15 is 0 Å². The number of anilines is 2. The number of thioether (sulfide) groups is 1. The van der Waals surface area contributed by atoms with Crippen molar-refractivity contribution in [3.05, 3.63) is 48.5 Å². The number of amides is 2. The van der Waals surface area contributed by atoms with E-state index in [0.29, 0.717) is 18.0 Å². The lowest BCUT2D eigenvalue weighted by atomic mass is 10.2. The molecule has 6 heteroatoms. The quantitative estimate of drug-likeness (QED) is 0.634. The van der Waals surface area contributed by atoms with Gasteiger partial charge in [0.1, 0.15) is 11.8 Å². The maximum atomic E-state index is 12.7. The SMILES string of the molecule is CCOc1ccc(N2C(=O)C[C@@H](Nc3ccc(SC)cc3)C2=O)cc1. The number of hydrogen-bond donors (Lipinski definition) is 1. The van der Waals surface area contributed by atoms with Crippen LogP contribution in [0.25, 0.3) is 0 Å². The van der Waals surface area contributed by atoms with Gasteiger partial charge in [-0.15, -0.1) is 11.8 Å². The van der Waals surface area contributed by atoms with E-state index < -0.39 is 6.04 Å². The lowest BCUT2D eigenvalue weighted by Gasteiger charge is -2.16. The molecule has 0 aliphatic carbocycles. The minimum atomic E-state index is -0.542. The van der Waals surface area contributed by atoms with Crippen molar-refractivity contribution in [1.29, 1.82) is 0 Å². The molecule has 1 heterocycles. The number of carbonyl (C=O) groups is 2. The second-order valence-corrected chi connectivity index (χ2v) is 6.50. The first kappa shape index (κ1) is 17.4. The van der Waals surface area contributed by atoms with Crippen LogP contribution < -0.4 is 15.0 Å². The molecule has 1 atom stereocenters. The maximum Gasteiger partial charge on any atom is 0.256 e. The molecule has 2 amide bonds. The fraction of sp³-hybridized carbons (Fsp3) is 0.263. The summed E-state index contributed by atoms with van der Waals surface area (Å²) in [5.74, 6) is 0.282. The summed E-state index contributed by atoms with van der Waals surface area (Å²) in [6.07, 6.45) is 2.16. The van der Waals surface area contributed by atoms with E-state index in [1.807, 2.05) is 37.4 Å². The highest BCUT2D eigenvalue weighted by Gasteiger charge is 2.39. The molecule has 2 aromatic rings. The van der Waals surface area contributed by atoms with Crippen molar-refractivity contribution in [2.75, 3.05) is 23.1 Å². The van der Waals surface area contributed by atoms with E-state index in [1.165, 1.54) is 4.90 Å². The summed E-state index contributed by atoms with van der Waals surface area (Å²) in [7, 11) is 0. The second-order valence-electron chi connectivity index (χ2n) is 5.62. The number of imide groups is 1. The Hall–Kier alpha value is -2.47. The van der Waals surface area contributed by atoms with E-state index in [0.717, 1.165) is 10.6 Å². The van der Waals surface area contributed by atoms with Crippen molar-refractivity contribution < 1.29 is 14.3 Å². The zero-order valence-corrected chi connectivity index (χ0v) is 15.0. The molecule has 1 aliphatic heterocycles. The van der Waals surface area contributed by atoms with Crippen LogP contribution in [0.2, 0.25) is 0 Å².